The van der Waals surface area contributed by atoms with Gasteiger partial charge in [-0.05, 0) is 24.5 Å². The van der Waals surface area contributed by atoms with Crippen LogP contribution in [0.1, 0.15) is 27.2 Å². The molecule has 0 aromatic carbocycles. The zero-order valence-electron chi connectivity index (χ0n) is 8.84. The van der Waals surface area contributed by atoms with E-state index in [0.29, 0.717) is 11.5 Å². The molecule has 1 heterocycles. The summed E-state index contributed by atoms with van der Waals surface area (Å²) in [5, 5.41) is 12.5. The van der Waals surface area contributed by atoms with Crippen LogP contribution in [0.2, 0.25) is 0 Å². The van der Waals surface area contributed by atoms with E-state index in [1.165, 1.54) is 17.9 Å². The highest BCUT2D eigenvalue weighted by Crippen LogP contribution is 2.33. The average molecular weight is 203 g/mol. The van der Waals surface area contributed by atoms with Crippen LogP contribution in [0.4, 0.5) is 0 Å². The Morgan fingerprint density at radius 2 is 2.31 bits per heavy atom. The van der Waals surface area contributed by atoms with Gasteiger partial charge in [0.25, 0.3) is 0 Å². The molecule has 0 aromatic heterocycles. The van der Waals surface area contributed by atoms with E-state index in [1.54, 1.807) is 0 Å². The summed E-state index contributed by atoms with van der Waals surface area (Å²) in [7, 11) is 0. The van der Waals surface area contributed by atoms with Gasteiger partial charge in [0.15, 0.2) is 0 Å². The summed E-state index contributed by atoms with van der Waals surface area (Å²) in [5.74, 6) is 2.45. The van der Waals surface area contributed by atoms with Crippen molar-refractivity contribution in [1.82, 2.24) is 5.32 Å². The van der Waals surface area contributed by atoms with Crippen LogP contribution in [-0.2, 0) is 0 Å². The van der Waals surface area contributed by atoms with E-state index in [9.17, 15) is 0 Å². The van der Waals surface area contributed by atoms with Gasteiger partial charge in [0.1, 0.15) is 0 Å². The number of nitrogens with one attached hydrogen (secondary N) is 1. The minimum Gasteiger partial charge on any atom is -0.392 e. The van der Waals surface area contributed by atoms with Crippen LogP contribution >= 0.6 is 11.8 Å². The monoisotopic (exact) mass is 203 g/mol. The van der Waals surface area contributed by atoms with E-state index in [2.05, 4.69) is 19.2 Å². The Kier molecular flexibility index (Phi) is 4.07. The number of hydrogen-bond acceptors (Lipinski definition) is 3. The van der Waals surface area contributed by atoms with Gasteiger partial charge in [-0.15, -0.1) is 0 Å². The van der Waals surface area contributed by atoms with Crippen molar-refractivity contribution in [1.29, 1.82) is 0 Å². The van der Waals surface area contributed by atoms with Crippen molar-refractivity contribution >= 4 is 11.8 Å². The molecule has 0 radical (unpaired) electrons. The first-order valence-corrected chi connectivity index (χ1v) is 6.14. The molecule has 2 nitrogen and oxygen atoms in total. The summed E-state index contributed by atoms with van der Waals surface area (Å²) in [5.41, 5.74) is 0.458. The van der Waals surface area contributed by atoms with Crippen LogP contribution < -0.4 is 5.32 Å². The number of rotatable bonds is 3. The SMILES string of the molecule is CC(O)CNC1CSCC(C)(C)C1. The van der Waals surface area contributed by atoms with Crippen LogP contribution in [0.15, 0.2) is 0 Å². The van der Waals surface area contributed by atoms with E-state index in [4.69, 9.17) is 5.11 Å². The summed E-state index contributed by atoms with van der Waals surface area (Å²) in [4.78, 5) is 0. The molecule has 78 valence electrons. The molecule has 0 saturated carbocycles. The summed E-state index contributed by atoms with van der Waals surface area (Å²) >= 11 is 2.02. The lowest BCUT2D eigenvalue weighted by atomic mass is 9.88. The van der Waals surface area contributed by atoms with Crippen LogP contribution in [0, 0.1) is 5.41 Å². The third-order valence-corrected chi connectivity index (χ3v) is 3.94. The molecule has 13 heavy (non-hydrogen) atoms. The largest absolute Gasteiger partial charge is 0.392 e. The molecule has 1 saturated heterocycles. The van der Waals surface area contributed by atoms with Crippen LogP contribution in [-0.4, -0.2) is 35.3 Å². The maximum Gasteiger partial charge on any atom is 0.0636 e. The molecular formula is C10H21NOS. The summed E-state index contributed by atoms with van der Waals surface area (Å²) in [6.07, 6.45) is 1.00. The Labute approximate surface area is 85.5 Å². The van der Waals surface area contributed by atoms with Crippen molar-refractivity contribution in [3.05, 3.63) is 0 Å². The molecule has 2 N–H and O–H groups in total. The molecule has 0 aromatic rings. The Hall–Kier alpha value is 0.270. The Balaban J connectivity index is 2.26. The van der Waals surface area contributed by atoms with E-state index in [1.807, 2.05) is 18.7 Å². The summed E-state index contributed by atoms with van der Waals surface area (Å²) < 4.78 is 0. The second-order valence-electron chi connectivity index (χ2n) is 4.84. The third kappa shape index (κ3) is 4.34. The predicted molar refractivity (Wildman–Crippen MR) is 59.2 cm³/mol. The van der Waals surface area contributed by atoms with Gasteiger partial charge in [-0.1, -0.05) is 13.8 Å². The first-order chi connectivity index (χ1) is 5.99. The van der Waals surface area contributed by atoms with Crippen molar-refractivity contribution < 1.29 is 5.11 Å². The van der Waals surface area contributed by atoms with Crippen molar-refractivity contribution in [2.75, 3.05) is 18.1 Å². The molecule has 3 heteroatoms. The lowest BCUT2D eigenvalue weighted by Crippen LogP contribution is -2.42. The van der Waals surface area contributed by atoms with Crippen molar-refractivity contribution in [2.45, 2.75) is 39.3 Å². The standard InChI is InChI=1S/C10H21NOS/c1-8(12)5-11-9-4-10(2,3)7-13-6-9/h8-9,11-12H,4-7H2,1-3H3. The second-order valence-corrected chi connectivity index (χ2v) is 5.87. The summed E-state index contributed by atoms with van der Waals surface area (Å²) in [6.45, 7) is 7.18. The summed E-state index contributed by atoms with van der Waals surface area (Å²) in [6, 6.07) is 0.586. The van der Waals surface area contributed by atoms with Gasteiger partial charge in [-0.2, -0.15) is 11.8 Å². The van der Waals surface area contributed by atoms with Crippen LogP contribution in [0.5, 0.6) is 0 Å². The molecule has 1 aliphatic heterocycles. The maximum atomic E-state index is 9.14. The van der Waals surface area contributed by atoms with E-state index in [0.717, 1.165) is 6.54 Å². The second kappa shape index (κ2) is 4.67. The molecule has 1 aliphatic rings. The van der Waals surface area contributed by atoms with Gasteiger partial charge in [0, 0.05) is 18.3 Å². The molecule has 0 aliphatic carbocycles. The quantitative estimate of drug-likeness (QED) is 0.729. The fourth-order valence-electron chi connectivity index (χ4n) is 1.73. The van der Waals surface area contributed by atoms with Gasteiger partial charge >= 0.3 is 0 Å². The van der Waals surface area contributed by atoms with E-state index in [-0.39, 0.29) is 6.10 Å². The normalized spacial score (nSPS) is 30.0. The van der Waals surface area contributed by atoms with E-state index < -0.39 is 0 Å². The fourth-order valence-corrected chi connectivity index (χ4v) is 3.04. The van der Waals surface area contributed by atoms with Crippen molar-refractivity contribution in [3.8, 4) is 0 Å². The number of hydrogen-bond donors (Lipinski definition) is 2. The smallest absolute Gasteiger partial charge is 0.0636 e. The predicted octanol–water partition coefficient (Wildman–Crippen LogP) is 1.49. The molecule has 0 amide bonds. The average Bonchev–Trinajstić information content (AvgIpc) is 1.99. The molecule has 0 spiro atoms. The van der Waals surface area contributed by atoms with Crippen LogP contribution in [0.25, 0.3) is 0 Å². The molecule has 0 bridgehead atoms. The molecular weight excluding hydrogens is 182 g/mol. The van der Waals surface area contributed by atoms with Gasteiger partial charge in [0.05, 0.1) is 6.10 Å². The minimum absolute atomic E-state index is 0.227. The van der Waals surface area contributed by atoms with Crippen molar-refractivity contribution in [2.24, 2.45) is 5.41 Å². The first kappa shape index (κ1) is 11.3. The van der Waals surface area contributed by atoms with Crippen molar-refractivity contribution in [3.63, 3.8) is 0 Å². The molecule has 1 fully saturated rings. The maximum absolute atomic E-state index is 9.14. The van der Waals surface area contributed by atoms with Gasteiger partial charge in [-0.3, -0.25) is 0 Å². The number of thioether (sulfide) groups is 1. The zero-order valence-corrected chi connectivity index (χ0v) is 9.66. The number of aliphatic hydroxyl groups excluding tert-OH is 1. The Bertz CT molecular complexity index is 159. The topological polar surface area (TPSA) is 32.3 Å². The lowest BCUT2D eigenvalue weighted by Gasteiger charge is -2.35. The van der Waals surface area contributed by atoms with Crippen LogP contribution in [0.3, 0.4) is 0 Å². The van der Waals surface area contributed by atoms with Gasteiger partial charge in [-0.25, -0.2) is 0 Å². The highest BCUT2D eigenvalue weighted by Gasteiger charge is 2.27. The van der Waals surface area contributed by atoms with Gasteiger partial charge in [0.2, 0.25) is 0 Å². The molecule has 2 atom stereocenters. The minimum atomic E-state index is -0.227. The Morgan fingerprint density at radius 1 is 1.62 bits per heavy atom. The zero-order chi connectivity index (χ0) is 9.90. The third-order valence-electron chi connectivity index (χ3n) is 2.31. The van der Waals surface area contributed by atoms with Gasteiger partial charge < -0.3 is 10.4 Å². The fraction of sp³-hybridized carbons (Fsp3) is 1.00. The van der Waals surface area contributed by atoms with E-state index >= 15 is 0 Å². The first-order valence-electron chi connectivity index (χ1n) is 4.99. The highest BCUT2D eigenvalue weighted by atomic mass is 32.2. The lowest BCUT2D eigenvalue weighted by molar-refractivity contribution is 0.181. The molecule has 2 unspecified atom stereocenters. The highest BCUT2D eigenvalue weighted by molar-refractivity contribution is 7.99. The molecule has 1 rings (SSSR count). The number of aliphatic hydroxyl groups is 1. The Morgan fingerprint density at radius 3 is 2.85 bits per heavy atom.